The van der Waals surface area contributed by atoms with E-state index in [1.807, 2.05) is 0 Å². The zero-order valence-corrected chi connectivity index (χ0v) is 6.98. The first-order valence-corrected chi connectivity index (χ1v) is 3.71. The molecule has 3 heteroatoms. The van der Waals surface area contributed by atoms with Crippen LogP contribution in [0.4, 0.5) is 8.78 Å². The van der Waals surface area contributed by atoms with Crippen molar-refractivity contribution in [3.63, 3.8) is 0 Å². The standard InChI is InChI=1S/C9H7ClF2/c1-2-9(11,12)7-4-3-5-8(10)6-7/h2-6H,1H2. The average molecular weight is 189 g/mol. The number of benzene rings is 1. The predicted octanol–water partition coefficient (Wildman–Crippen LogP) is 3.62. The van der Waals surface area contributed by atoms with Crippen LogP contribution in [0.25, 0.3) is 0 Å². The van der Waals surface area contributed by atoms with Crippen molar-refractivity contribution in [2.75, 3.05) is 0 Å². The van der Waals surface area contributed by atoms with Crippen LogP contribution in [0.1, 0.15) is 5.56 Å². The van der Waals surface area contributed by atoms with Crippen LogP contribution in [0.3, 0.4) is 0 Å². The van der Waals surface area contributed by atoms with Crippen LogP contribution < -0.4 is 0 Å². The van der Waals surface area contributed by atoms with E-state index in [-0.39, 0.29) is 5.56 Å². The summed E-state index contributed by atoms with van der Waals surface area (Å²) >= 11 is 5.54. The molecule has 0 fully saturated rings. The molecule has 0 nitrogen and oxygen atoms in total. The van der Waals surface area contributed by atoms with E-state index in [0.717, 1.165) is 0 Å². The van der Waals surface area contributed by atoms with Gasteiger partial charge in [-0.3, -0.25) is 0 Å². The van der Waals surface area contributed by atoms with Crippen molar-refractivity contribution >= 4 is 11.6 Å². The highest BCUT2D eigenvalue weighted by Crippen LogP contribution is 2.30. The number of hydrogen-bond acceptors (Lipinski definition) is 0. The van der Waals surface area contributed by atoms with Crippen molar-refractivity contribution in [1.29, 1.82) is 0 Å². The third-order valence-electron chi connectivity index (χ3n) is 1.47. The molecule has 0 aliphatic heterocycles. The maximum atomic E-state index is 12.9. The topological polar surface area (TPSA) is 0 Å². The molecule has 0 unspecified atom stereocenters. The van der Waals surface area contributed by atoms with Gasteiger partial charge < -0.3 is 0 Å². The summed E-state index contributed by atoms with van der Waals surface area (Å²) in [4.78, 5) is 0. The highest BCUT2D eigenvalue weighted by molar-refractivity contribution is 6.30. The van der Waals surface area contributed by atoms with Gasteiger partial charge in [-0.1, -0.05) is 30.3 Å². The zero-order chi connectivity index (χ0) is 9.19. The molecule has 0 aliphatic rings. The summed E-state index contributed by atoms with van der Waals surface area (Å²) in [6.45, 7) is 3.05. The molecule has 0 bridgehead atoms. The van der Waals surface area contributed by atoms with Crippen molar-refractivity contribution in [2.45, 2.75) is 5.92 Å². The second-order valence-corrected chi connectivity index (χ2v) is 2.77. The smallest absolute Gasteiger partial charge is 0.197 e. The zero-order valence-electron chi connectivity index (χ0n) is 6.23. The lowest BCUT2D eigenvalue weighted by atomic mass is 10.1. The maximum absolute atomic E-state index is 12.9. The van der Waals surface area contributed by atoms with E-state index in [1.54, 1.807) is 6.07 Å². The lowest BCUT2D eigenvalue weighted by Gasteiger charge is -2.10. The van der Waals surface area contributed by atoms with Gasteiger partial charge >= 0.3 is 0 Å². The monoisotopic (exact) mass is 188 g/mol. The molecule has 0 saturated heterocycles. The van der Waals surface area contributed by atoms with Crippen LogP contribution >= 0.6 is 11.6 Å². The summed E-state index contributed by atoms with van der Waals surface area (Å²) in [5.41, 5.74) is -0.134. The first-order chi connectivity index (χ1) is 5.56. The molecule has 0 aromatic heterocycles. The van der Waals surface area contributed by atoms with Crippen molar-refractivity contribution in [2.24, 2.45) is 0 Å². The van der Waals surface area contributed by atoms with Gasteiger partial charge in [0, 0.05) is 10.6 Å². The summed E-state index contributed by atoms with van der Waals surface area (Å²) in [7, 11) is 0. The van der Waals surface area contributed by atoms with Gasteiger partial charge in [0.25, 0.3) is 5.92 Å². The van der Waals surface area contributed by atoms with Crippen molar-refractivity contribution in [1.82, 2.24) is 0 Å². The Hall–Kier alpha value is -0.890. The van der Waals surface area contributed by atoms with Crippen molar-refractivity contribution < 1.29 is 8.78 Å². The van der Waals surface area contributed by atoms with Gasteiger partial charge in [-0.2, -0.15) is 8.78 Å². The van der Waals surface area contributed by atoms with E-state index in [4.69, 9.17) is 11.6 Å². The van der Waals surface area contributed by atoms with E-state index < -0.39 is 5.92 Å². The minimum Gasteiger partial charge on any atom is -0.197 e. The molecule has 0 heterocycles. The molecule has 1 aromatic carbocycles. The van der Waals surface area contributed by atoms with Crippen molar-refractivity contribution in [3.05, 3.63) is 47.5 Å². The minimum atomic E-state index is -3.00. The van der Waals surface area contributed by atoms with Crippen LogP contribution in [0.5, 0.6) is 0 Å². The summed E-state index contributed by atoms with van der Waals surface area (Å²) in [5.74, 6) is -3.00. The Balaban J connectivity index is 3.11. The van der Waals surface area contributed by atoms with Crippen LogP contribution in [0.15, 0.2) is 36.9 Å². The molecule has 0 saturated carbocycles. The molecule has 1 aromatic rings. The molecule has 0 N–H and O–H groups in total. The average Bonchev–Trinajstić information content (AvgIpc) is 2.05. The first-order valence-electron chi connectivity index (χ1n) is 3.34. The Labute approximate surface area is 74.5 Å². The molecule has 0 amide bonds. The Morgan fingerprint density at radius 2 is 2.08 bits per heavy atom. The van der Waals surface area contributed by atoms with Gasteiger partial charge in [0.1, 0.15) is 0 Å². The predicted molar refractivity (Wildman–Crippen MR) is 45.5 cm³/mol. The third kappa shape index (κ3) is 1.83. The van der Waals surface area contributed by atoms with Gasteiger partial charge in [-0.15, -0.1) is 0 Å². The lowest BCUT2D eigenvalue weighted by Crippen LogP contribution is -2.08. The Kier molecular flexibility index (Phi) is 2.48. The Bertz CT molecular complexity index is 294. The number of hydrogen-bond donors (Lipinski definition) is 0. The molecule has 0 spiro atoms. The Morgan fingerprint density at radius 1 is 1.42 bits per heavy atom. The molecule has 0 aliphatic carbocycles. The highest BCUT2D eigenvalue weighted by atomic mass is 35.5. The summed E-state index contributed by atoms with van der Waals surface area (Å²) in [6.07, 6.45) is 0.596. The van der Waals surface area contributed by atoms with E-state index in [2.05, 4.69) is 6.58 Å². The fourth-order valence-electron chi connectivity index (χ4n) is 0.814. The van der Waals surface area contributed by atoms with Crippen LogP contribution in [-0.4, -0.2) is 0 Å². The molecular formula is C9H7ClF2. The SMILES string of the molecule is C=CC(F)(F)c1cccc(Cl)c1. The molecular weight excluding hydrogens is 182 g/mol. The fraction of sp³-hybridized carbons (Fsp3) is 0.111. The van der Waals surface area contributed by atoms with E-state index >= 15 is 0 Å². The van der Waals surface area contributed by atoms with Gasteiger partial charge in [0.05, 0.1) is 0 Å². The van der Waals surface area contributed by atoms with Crippen LogP contribution in [-0.2, 0) is 5.92 Å². The normalized spacial score (nSPS) is 11.2. The molecule has 64 valence electrons. The summed E-state index contributed by atoms with van der Waals surface area (Å²) < 4.78 is 25.8. The third-order valence-corrected chi connectivity index (χ3v) is 1.70. The number of halogens is 3. The second-order valence-electron chi connectivity index (χ2n) is 2.34. The number of rotatable bonds is 2. The number of allylic oxidation sites excluding steroid dienone is 1. The minimum absolute atomic E-state index is 0.134. The largest absolute Gasteiger partial charge is 0.291 e. The summed E-state index contributed by atoms with van der Waals surface area (Å²) in [5, 5.41) is 0.300. The molecule has 1 rings (SSSR count). The highest BCUT2D eigenvalue weighted by Gasteiger charge is 2.26. The molecule has 12 heavy (non-hydrogen) atoms. The van der Waals surface area contributed by atoms with Crippen LogP contribution in [0, 0.1) is 0 Å². The summed E-state index contributed by atoms with van der Waals surface area (Å²) in [6, 6.07) is 5.57. The van der Waals surface area contributed by atoms with Gasteiger partial charge in [-0.25, -0.2) is 0 Å². The first kappa shape index (κ1) is 9.20. The van der Waals surface area contributed by atoms with Crippen LogP contribution in [0.2, 0.25) is 5.02 Å². The van der Waals surface area contributed by atoms with Gasteiger partial charge in [0.15, 0.2) is 0 Å². The Morgan fingerprint density at radius 3 is 2.58 bits per heavy atom. The fourth-order valence-corrected chi connectivity index (χ4v) is 1.00. The van der Waals surface area contributed by atoms with E-state index in [9.17, 15) is 8.78 Å². The molecule has 0 atom stereocenters. The van der Waals surface area contributed by atoms with Gasteiger partial charge in [0.2, 0.25) is 0 Å². The quantitative estimate of drug-likeness (QED) is 0.622. The lowest BCUT2D eigenvalue weighted by molar-refractivity contribution is 0.0525. The maximum Gasteiger partial charge on any atom is 0.291 e. The van der Waals surface area contributed by atoms with E-state index in [0.29, 0.717) is 11.1 Å². The molecule has 0 radical (unpaired) electrons. The van der Waals surface area contributed by atoms with E-state index in [1.165, 1.54) is 18.2 Å². The second kappa shape index (κ2) is 3.23. The number of alkyl halides is 2. The van der Waals surface area contributed by atoms with Crippen molar-refractivity contribution in [3.8, 4) is 0 Å². The van der Waals surface area contributed by atoms with Gasteiger partial charge in [-0.05, 0) is 18.2 Å².